The van der Waals surface area contributed by atoms with Crippen molar-refractivity contribution in [3.05, 3.63) is 28.8 Å². The maximum Gasteiger partial charge on any atom is 0.125 e. The fourth-order valence-electron chi connectivity index (χ4n) is 3.31. The predicted octanol–water partition coefficient (Wildman–Crippen LogP) is 3.61. The molecule has 4 heteroatoms. The van der Waals surface area contributed by atoms with Crippen LogP contribution >= 0.6 is 11.8 Å². The smallest absolute Gasteiger partial charge is 0.125 e. The summed E-state index contributed by atoms with van der Waals surface area (Å²) in [4.78, 5) is 0. The molecule has 0 saturated carbocycles. The second-order valence-electron chi connectivity index (χ2n) is 6.12. The summed E-state index contributed by atoms with van der Waals surface area (Å²) >= 11 is 1.98. The van der Waals surface area contributed by atoms with Crippen LogP contribution in [0.25, 0.3) is 0 Å². The molecule has 0 aliphatic carbocycles. The third-order valence-corrected chi connectivity index (χ3v) is 5.61. The van der Waals surface area contributed by atoms with Crippen LogP contribution in [0.5, 0.6) is 5.75 Å². The molecule has 1 spiro atoms. The van der Waals surface area contributed by atoms with Gasteiger partial charge in [-0.3, -0.25) is 0 Å². The average Bonchev–Trinajstić information content (AvgIpc) is 2.90. The van der Waals surface area contributed by atoms with E-state index in [0.717, 1.165) is 48.5 Å². The van der Waals surface area contributed by atoms with Crippen molar-refractivity contribution in [3.8, 4) is 11.8 Å². The van der Waals surface area contributed by atoms with Crippen molar-refractivity contribution >= 4 is 11.8 Å². The van der Waals surface area contributed by atoms with Gasteiger partial charge >= 0.3 is 0 Å². The van der Waals surface area contributed by atoms with E-state index >= 15 is 0 Å². The van der Waals surface area contributed by atoms with Crippen molar-refractivity contribution in [3.63, 3.8) is 0 Å². The molecule has 0 aromatic heterocycles. The van der Waals surface area contributed by atoms with Gasteiger partial charge in [-0.2, -0.15) is 17.0 Å². The van der Waals surface area contributed by atoms with Crippen molar-refractivity contribution in [2.45, 2.75) is 44.8 Å². The number of nitrogens with zero attached hydrogens (tertiary/aromatic N) is 1. The van der Waals surface area contributed by atoms with Gasteiger partial charge in [0.2, 0.25) is 0 Å². The van der Waals surface area contributed by atoms with Gasteiger partial charge in [0.15, 0.2) is 0 Å². The maximum absolute atomic E-state index is 9.03. The first-order chi connectivity index (χ1) is 10.1. The van der Waals surface area contributed by atoms with Crippen molar-refractivity contribution in [1.29, 1.82) is 5.26 Å². The molecule has 0 bridgehead atoms. The highest BCUT2D eigenvalue weighted by Crippen LogP contribution is 2.40. The minimum atomic E-state index is 0.0436. The fourth-order valence-corrected chi connectivity index (χ4v) is 4.69. The van der Waals surface area contributed by atoms with Gasteiger partial charge in [0.25, 0.3) is 0 Å². The Morgan fingerprint density at radius 3 is 2.76 bits per heavy atom. The van der Waals surface area contributed by atoms with E-state index in [1.54, 1.807) is 0 Å². The Kier molecular flexibility index (Phi) is 4.14. The van der Waals surface area contributed by atoms with Crippen LogP contribution in [0.3, 0.4) is 0 Å². The van der Waals surface area contributed by atoms with E-state index < -0.39 is 0 Å². The highest BCUT2D eigenvalue weighted by atomic mass is 32.2. The topological polar surface area (TPSA) is 42.2 Å². The first-order valence-corrected chi connectivity index (χ1v) is 8.67. The summed E-state index contributed by atoms with van der Waals surface area (Å²) < 4.78 is 12.4. The Hall–Kier alpha value is -1.18. The van der Waals surface area contributed by atoms with Crippen LogP contribution in [0.4, 0.5) is 0 Å². The highest BCUT2D eigenvalue weighted by Gasteiger charge is 2.41. The summed E-state index contributed by atoms with van der Waals surface area (Å²) in [7, 11) is 0. The molecule has 0 amide bonds. The first kappa shape index (κ1) is 14.7. The summed E-state index contributed by atoms with van der Waals surface area (Å²) in [5, 5.41) is 9.03. The van der Waals surface area contributed by atoms with Crippen LogP contribution in [0.1, 0.15) is 36.0 Å². The number of thioether (sulfide) groups is 1. The average molecular weight is 303 g/mol. The van der Waals surface area contributed by atoms with Gasteiger partial charge in [0.05, 0.1) is 23.8 Å². The molecule has 112 valence electrons. The summed E-state index contributed by atoms with van der Waals surface area (Å²) in [5.74, 6) is 3.24. The van der Waals surface area contributed by atoms with Crippen molar-refractivity contribution in [2.75, 3.05) is 18.1 Å². The SMILES string of the molecule is Cc1cc(C#N)cc(C)c1OC1CCOC2(CCSC2)C1. The standard InChI is InChI=1S/C17H21NO2S/c1-12-7-14(10-18)8-13(2)16(12)20-15-3-5-19-17(9-15)4-6-21-11-17/h7-8,15H,3-6,9,11H2,1-2H3. The monoisotopic (exact) mass is 303 g/mol. The van der Waals surface area contributed by atoms with Crippen LogP contribution in [-0.4, -0.2) is 29.8 Å². The molecule has 1 aromatic rings. The molecule has 2 unspecified atom stereocenters. The third-order valence-electron chi connectivity index (χ3n) is 4.39. The van der Waals surface area contributed by atoms with E-state index in [1.807, 2.05) is 37.7 Å². The molecule has 2 saturated heterocycles. The molecule has 2 aliphatic heterocycles. The van der Waals surface area contributed by atoms with Crippen molar-refractivity contribution < 1.29 is 9.47 Å². The van der Waals surface area contributed by atoms with Crippen LogP contribution in [0.2, 0.25) is 0 Å². The minimum Gasteiger partial charge on any atom is -0.490 e. The number of hydrogen-bond donors (Lipinski definition) is 0. The van der Waals surface area contributed by atoms with Crippen molar-refractivity contribution in [2.24, 2.45) is 0 Å². The number of ether oxygens (including phenoxy) is 2. The zero-order chi connectivity index (χ0) is 14.9. The summed E-state index contributed by atoms with van der Waals surface area (Å²) in [5.41, 5.74) is 2.84. The third kappa shape index (κ3) is 3.04. The number of benzene rings is 1. The van der Waals surface area contributed by atoms with Crippen LogP contribution in [0, 0.1) is 25.2 Å². The lowest BCUT2D eigenvalue weighted by Crippen LogP contribution is -2.44. The zero-order valence-electron chi connectivity index (χ0n) is 12.6. The van der Waals surface area contributed by atoms with Gasteiger partial charge in [0, 0.05) is 18.6 Å². The Labute approximate surface area is 130 Å². The molecular weight excluding hydrogens is 282 g/mol. The highest BCUT2D eigenvalue weighted by molar-refractivity contribution is 7.99. The fraction of sp³-hybridized carbons (Fsp3) is 0.588. The second-order valence-corrected chi connectivity index (χ2v) is 7.22. The second kappa shape index (κ2) is 5.90. The Morgan fingerprint density at radius 1 is 1.38 bits per heavy atom. The first-order valence-electron chi connectivity index (χ1n) is 7.52. The zero-order valence-corrected chi connectivity index (χ0v) is 13.5. The number of aryl methyl sites for hydroxylation is 2. The van der Waals surface area contributed by atoms with Gasteiger partial charge in [-0.1, -0.05) is 0 Å². The molecule has 0 N–H and O–H groups in total. The molecule has 1 aromatic carbocycles. The number of hydrogen-bond acceptors (Lipinski definition) is 4. The molecule has 2 fully saturated rings. The van der Waals surface area contributed by atoms with Gasteiger partial charge in [-0.15, -0.1) is 0 Å². The number of rotatable bonds is 2. The van der Waals surface area contributed by atoms with E-state index in [4.69, 9.17) is 14.7 Å². The van der Waals surface area contributed by atoms with E-state index in [-0.39, 0.29) is 11.7 Å². The maximum atomic E-state index is 9.03. The van der Waals surface area contributed by atoms with E-state index in [9.17, 15) is 0 Å². The normalized spacial score (nSPS) is 28.5. The largest absolute Gasteiger partial charge is 0.490 e. The molecule has 2 aliphatic rings. The van der Waals surface area contributed by atoms with Gasteiger partial charge in [-0.25, -0.2) is 0 Å². The summed E-state index contributed by atoms with van der Waals surface area (Å²) in [6.45, 7) is 4.83. The molecule has 0 radical (unpaired) electrons. The number of nitriles is 1. The van der Waals surface area contributed by atoms with Crippen LogP contribution in [0.15, 0.2) is 12.1 Å². The molecule has 3 nitrogen and oxygen atoms in total. The van der Waals surface area contributed by atoms with Gasteiger partial charge in [0.1, 0.15) is 11.9 Å². The van der Waals surface area contributed by atoms with Crippen molar-refractivity contribution in [1.82, 2.24) is 0 Å². The molecule has 3 rings (SSSR count). The summed E-state index contributed by atoms with van der Waals surface area (Å²) in [6, 6.07) is 6.01. The lowest BCUT2D eigenvalue weighted by atomic mass is 9.91. The van der Waals surface area contributed by atoms with E-state index in [0.29, 0.717) is 5.56 Å². The van der Waals surface area contributed by atoms with Crippen LogP contribution in [-0.2, 0) is 4.74 Å². The predicted molar refractivity (Wildman–Crippen MR) is 84.9 cm³/mol. The van der Waals surface area contributed by atoms with Gasteiger partial charge in [-0.05, 0) is 49.3 Å². The Bertz CT molecular complexity index is 550. The quantitative estimate of drug-likeness (QED) is 0.837. The molecular formula is C17H21NO2S. The molecule has 21 heavy (non-hydrogen) atoms. The van der Waals surface area contributed by atoms with Gasteiger partial charge < -0.3 is 9.47 Å². The van der Waals surface area contributed by atoms with E-state index in [1.165, 1.54) is 5.75 Å². The lowest BCUT2D eigenvalue weighted by Gasteiger charge is -2.38. The minimum absolute atomic E-state index is 0.0436. The Balaban J connectivity index is 1.76. The lowest BCUT2D eigenvalue weighted by molar-refractivity contribution is -0.0960. The van der Waals surface area contributed by atoms with E-state index in [2.05, 4.69) is 6.07 Å². The molecule has 2 atom stereocenters. The molecule has 2 heterocycles. The summed E-state index contributed by atoms with van der Waals surface area (Å²) in [6.07, 6.45) is 3.30. The Morgan fingerprint density at radius 2 is 2.14 bits per heavy atom. The van der Waals surface area contributed by atoms with Crippen LogP contribution < -0.4 is 4.74 Å².